The summed E-state index contributed by atoms with van der Waals surface area (Å²) in [5, 5.41) is 4.29. The Labute approximate surface area is 125 Å². The Bertz CT molecular complexity index is 619. The number of aromatic amines is 1. The average molecular weight is 285 g/mol. The van der Waals surface area contributed by atoms with Crippen molar-refractivity contribution in [3.05, 3.63) is 36.0 Å². The number of fused-ring (bicyclic) bond motifs is 1. The van der Waals surface area contributed by atoms with E-state index in [-0.39, 0.29) is 5.91 Å². The highest BCUT2D eigenvalue weighted by atomic mass is 16.2. The van der Waals surface area contributed by atoms with Crippen LogP contribution in [0.25, 0.3) is 10.9 Å². The number of rotatable bonds is 4. The largest absolute Gasteiger partial charge is 0.361 e. The molecule has 1 unspecified atom stereocenters. The van der Waals surface area contributed by atoms with Gasteiger partial charge in [-0.2, -0.15) is 0 Å². The second-order valence-corrected chi connectivity index (χ2v) is 5.82. The van der Waals surface area contributed by atoms with Gasteiger partial charge >= 0.3 is 0 Å². The van der Waals surface area contributed by atoms with Crippen molar-refractivity contribution >= 4 is 16.8 Å². The van der Waals surface area contributed by atoms with Crippen molar-refractivity contribution in [1.29, 1.82) is 0 Å². The van der Waals surface area contributed by atoms with Crippen molar-refractivity contribution in [2.24, 2.45) is 0 Å². The highest BCUT2D eigenvalue weighted by Crippen LogP contribution is 2.23. The molecule has 21 heavy (non-hydrogen) atoms. The SMILES string of the molecule is CNCCC1CCCCN1C(=O)c1ccc2[nH]ccc2c1. The van der Waals surface area contributed by atoms with E-state index in [1.807, 2.05) is 37.5 Å². The van der Waals surface area contributed by atoms with Crippen LogP contribution in [0.3, 0.4) is 0 Å². The minimum atomic E-state index is 0.180. The molecule has 0 spiro atoms. The van der Waals surface area contributed by atoms with Crippen LogP contribution in [0.4, 0.5) is 0 Å². The lowest BCUT2D eigenvalue weighted by Gasteiger charge is -2.36. The van der Waals surface area contributed by atoms with Gasteiger partial charge in [0.15, 0.2) is 0 Å². The Morgan fingerprint density at radius 2 is 2.29 bits per heavy atom. The number of nitrogens with zero attached hydrogens (tertiary/aromatic N) is 1. The minimum absolute atomic E-state index is 0.180. The Balaban J connectivity index is 1.80. The van der Waals surface area contributed by atoms with Crippen LogP contribution < -0.4 is 5.32 Å². The zero-order valence-corrected chi connectivity index (χ0v) is 12.6. The fraction of sp³-hybridized carbons (Fsp3) is 0.471. The second kappa shape index (κ2) is 6.31. The van der Waals surface area contributed by atoms with Gasteiger partial charge in [-0.05, 0) is 63.5 Å². The molecule has 0 saturated carbocycles. The van der Waals surface area contributed by atoms with Crippen LogP contribution in [-0.2, 0) is 0 Å². The number of H-pyrrole nitrogens is 1. The molecule has 1 aliphatic rings. The molecule has 1 saturated heterocycles. The Kier molecular flexibility index (Phi) is 4.25. The van der Waals surface area contributed by atoms with Gasteiger partial charge in [0.05, 0.1) is 0 Å². The molecule has 0 aliphatic carbocycles. The van der Waals surface area contributed by atoms with E-state index >= 15 is 0 Å². The third-order valence-electron chi connectivity index (χ3n) is 4.42. The molecule has 2 aromatic rings. The lowest BCUT2D eigenvalue weighted by molar-refractivity contribution is 0.0603. The Morgan fingerprint density at radius 1 is 1.38 bits per heavy atom. The van der Waals surface area contributed by atoms with E-state index < -0.39 is 0 Å². The molecule has 1 fully saturated rings. The molecule has 3 rings (SSSR count). The fourth-order valence-corrected chi connectivity index (χ4v) is 3.23. The maximum atomic E-state index is 12.8. The summed E-state index contributed by atoms with van der Waals surface area (Å²) in [6.07, 6.45) is 6.42. The molecule has 0 radical (unpaired) electrons. The van der Waals surface area contributed by atoms with Crippen LogP contribution in [0.1, 0.15) is 36.0 Å². The van der Waals surface area contributed by atoms with Crippen LogP contribution in [0.2, 0.25) is 0 Å². The lowest BCUT2D eigenvalue weighted by atomic mass is 9.98. The molecule has 1 aromatic heterocycles. The molecule has 4 nitrogen and oxygen atoms in total. The van der Waals surface area contributed by atoms with Crippen LogP contribution in [0.15, 0.2) is 30.5 Å². The van der Waals surface area contributed by atoms with Gasteiger partial charge < -0.3 is 15.2 Å². The first-order valence-corrected chi connectivity index (χ1v) is 7.82. The van der Waals surface area contributed by atoms with Gasteiger partial charge in [0.1, 0.15) is 0 Å². The zero-order valence-electron chi connectivity index (χ0n) is 12.6. The van der Waals surface area contributed by atoms with Gasteiger partial charge in [-0.3, -0.25) is 4.79 Å². The first kappa shape index (κ1) is 14.1. The third kappa shape index (κ3) is 2.95. The van der Waals surface area contributed by atoms with Gasteiger partial charge in [-0.1, -0.05) is 0 Å². The number of likely N-dealkylation sites (tertiary alicyclic amines) is 1. The lowest BCUT2D eigenvalue weighted by Crippen LogP contribution is -2.44. The van der Waals surface area contributed by atoms with Crippen molar-refractivity contribution in [3.63, 3.8) is 0 Å². The smallest absolute Gasteiger partial charge is 0.254 e. The van der Waals surface area contributed by atoms with Gasteiger partial charge in [0.2, 0.25) is 0 Å². The van der Waals surface area contributed by atoms with Gasteiger partial charge in [0, 0.05) is 35.2 Å². The van der Waals surface area contributed by atoms with E-state index in [0.717, 1.165) is 48.8 Å². The van der Waals surface area contributed by atoms with Gasteiger partial charge in [-0.25, -0.2) is 0 Å². The molecule has 1 aliphatic heterocycles. The maximum Gasteiger partial charge on any atom is 0.254 e. The van der Waals surface area contributed by atoms with Crippen molar-refractivity contribution < 1.29 is 4.79 Å². The highest BCUT2D eigenvalue weighted by Gasteiger charge is 2.27. The molecular formula is C17H23N3O. The number of carbonyl (C=O) groups excluding carboxylic acids is 1. The molecule has 1 atom stereocenters. The summed E-state index contributed by atoms with van der Waals surface area (Å²) in [4.78, 5) is 18.1. The molecule has 4 heteroatoms. The average Bonchev–Trinajstić information content (AvgIpc) is 3.00. The zero-order chi connectivity index (χ0) is 14.7. The van der Waals surface area contributed by atoms with Crippen LogP contribution in [0.5, 0.6) is 0 Å². The first-order chi connectivity index (χ1) is 10.3. The Morgan fingerprint density at radius 3 is 3.14 bits per heavy atom. The minimum Gasteiger partial charge on any atom is -0.361 e. The standard InChI is InChI=1S/C17H23N3O/c1-18-9-8-15-4-2-3-11-20(15)17(21)14-5-6-16-13(12-14)7-10-19-16/h5-7,10,12,15,18-19H,2-4,8-9,11H2,1H3. The molecule has 1 amide bonds. The number of piperidine rings is 1. The van der Waals surface area contributed by atoms with E-state index in [1.54, 1.807) is 0 Å². The maximum absolute atomic E-state index is 12.8. The van der Waals surface area contributed by atoms with Crippen molar-refractivity contribution in [2.75, 3.05) is 20.1 Å². The predicted octanol–water partition coefficient (Wildman–Crippen LogP) is 2.77. The van der Waals surface area contributed by atoms with E-state index in [4.69, 9.17) is 0 Å². The van der Waals surface area contributed by atoms with E-state index in [9.17, 15) is 4.79 Å². The molecule has 2 heterocycles. The van der Waals surface area contributed by atoms with E-state index in [0.29, 0.717) is 6.04 Å². The fourth-order valence-electron chi connectivity index (χ4n) is 3.23. The molecule has 2 N–H and O–H groups in total. The number of nitrogens with one attached hydrogen (secondary N) is 2. The number of hydrogen-bond acceptors (Lipinski definition) is 2. The van der Waals surface area contributed by atoms with E-state index in [2.05, 4.69) is 15.2 Å². The van der Waals surface area contributed by atoms with Crippen LogP contribution >= 0.6 is 0 Å². The third-order valence-corrected chi connectivity index (χ3v) is 4.42. The monoisotopic (exact) mass is 285 g/mol. The molecular weight excluding hydrogens is 262 g/mol. The number of aromatic nitrogens is 1. The number of hydrogen-bond donors (Lipinski definition) is 2. The van der Waals surface area contributed by atoms with Gasteiger partial charge in [-0.15, -0.1) is 0 Å². The molecule has 0 bridgehead atoms. The summed E-state index contributed by atoms with van der Waals surface area (Å²) in [5.74, 6) is 0.180. The van der Waals surface area contributed by atoms with Crippen LogP contribution in [0, 0.1) is 0 Å². The summed E-state index contributed by atoms with van der Waals surface area (Å²) in [5.41, 5.74) is 1.88. The normalized spacial score (nSPS) is 19.1. The number of benzene rings is 1. The van der Waals surface area contributed by atoms with Crippen molar-refractivity contribution in [2.45, 2.75) is 31.7 Å². The quantitative estimate of drug-likeness (QED) is 0.907. The molecule has 1 aromatic carbocycles. The predicted molar refractivity (Wildman–Crippen MR) is 85.5 cm³/mol. The second-order valence-electron chi connectivity index (χ2n) is 5.82. The van der Waals surface area contributed by atoms with Crippen molar-refractivity contribution in [3.8, 4) is 0 Å². The summed E-state index contributed by atoms with van der Waals surface area (Å²) >= 11 is 0. The topological polar surface area (TPSA) is 48.1 Å². The summed E-state index contributed by atoms with van der Waals surface area (Å²) < 4.78 is 0. The first-order valence-electron chi connectivity index (χ1n) is 7.82. The summed E-state index contributed by atoms with van der Waals surface area (Å²) in [6.45, 7) is 1.85. The Hall–Kier alpha value is -1.81. The summed E-state index contributed by atoms with van der Waals surface area (Å²) in [7, 11) is 1.97. The number of amides is 1. The number of carbonyl (C=O) groups is 1. The van der Waals surface area contributed by atoms with Crippen LogP contribution in [-0.4, -0.2) is 42.0 Å². The van der Waals surface area contributed by atoms with E-state index in [1.165, 1.54) is 6.42 Å². The highest BCUT2D eigenvalue weighted by molar-refractivity contribution is 5.98. The summed E-state index contributed by atoms with van der Waals surface area (Å²) in [6, 6.07) is 8.32. The molecule has 112 valence electrons. The van der Waals surface area contributed by atoms with Gasteiger partial charge in [0.25, 0.3) is 5.91 Å². The van der Waals surface area contributed by atoms with Crippen molar-refractivity contribution in [1.82, 2.24) is 15.2 Å².